The summed E-state index contributed by atoms with van der Waals surface area (Å²) in [4.78, 5) is 30.5. The lowest BCUT2D eigenvalue weighted by molar-refractivity contribution is -0.117. The highest BCUT2D eigenvalue weighted by atomic mass is 19.4. The lowest BCUT2D eigenvalue weighted by Crippen LogP contribution is -2.44. The second-order valence-corrected chi connectivity index (χ2v) is 10.3. The van der Waals surface area contributed by atoms with Crippen LogP contribution in [0.5, 0.6) is 11.5 Å². The number of aromatic nitrogens is 1. The monoisotopic (exact) mass is 575 g/mol. The van der Waals surface area contributed by atoms with Crippen LogP contribution in [0, 0.1) is 11.7 Å². The van der Waals surface area contributed by atoms with Gasteiger partial charge in [-0.1, -0.05) is 0 Å². The zero-order valence-corrected chi connectivity index (χ0v) is 21.9. The quantitative estimate of drug-likeness (QED) is 0.342. The lowest BCUT2D eigenvalue weighted by Gasteiger charge is -2.37. The van der Waals surface area contributed by atoms with Crippen molar-refractivity contribution in [2.24, 2.45) is 5.92 Å². The Hall–Kier alpha value is -3.97. The fourth-order valence-electron chi connectivity index (χ4n) is 4.71. The van der Waals surface area contributed by atoms with Gasteiger partial charge in [0.1, 0.15) is 11.6 Å². The highest BCUT2D eigenvalue weighted by Gasteiger charge is 2.38. The normalized spacial score (nSPS) is 20.1. The predicted molar refractivity (Wildman–Crippen MR) is 142 cm³/mol. The van der Waals surface area contributed by atoms with Gasteiger partial charge in [0.05, 0.1) is 6.10 Å². The summed E-state index contributed by atoms with van der Waals surface area (Å²) in [5, 5.41) is 17.3. The number of hydrogen-bond donors (Lipinski definition) is 4. The van der Waals surface area contributed by atoms with Crippen LogP contribution in [0.15, 0.2) is 60.0 Å². The smallest absolute Gasteiger partial charge is 0.412 e. The van der Waals surface area contributed by atoms with E-state index in [9.17, 15) is 32.3 Å². The van der Waals surface area contributed by atoms with Crippen LogP contribution < -0.4 is 20.7 Å². The standard InChI is InChI=1S/C28H29F4N5O4/c29-23-14-18(3-4-24(23)41-22-5-8-33-25(15-22)36-26(39)16-1-2-16)34-27(40)35-19-11-17(28(30,31)32)12-20(13-19)37-9-6-21(38)7-10-37/h3-5,8,11,13-16,20-21,38H,1-2,6-7,9-10,12H2,(H,33,36,39)(H2,34,35,40). The van der Waals surface area contributed by atoms with Gasteiger partial charge in [0.15, 0.2) is 11.6 Å². The third kappa shape index (κ3) is 7.61. The van der Waals surface area contributed by atoms with Crippen molar-refractivity contribution < 1.29 is 37.0 Å². The zero-order chi connectivity index (χ0) is 29.1. The molecule has 1 saturated heterocycles. The van der Waals surface area contributed by atoms with E-state index in [1.165, 1.54) is 30.5 Å². The molecule has 2 aromatic rings. The van der Waals surface area contributed by atoms with Gasteiger partial charge in [-0.05, 0) is 62.5 Å². The van der Waals surface area contributed by atoms with Crippen LogP contribution >= 0.6 is 0 Å². The summed E-state index contributed by atoms with van der Waals surface area (Å²) in [5.41, 5.74) is -0.748. The average Bonchev–Trinajstić information content (AvgIpc) is 3.76. The Morgan fingerprint density at radius 2 is 1.78 bits per heavy atom. The number of ether oxygens (including phenoxy) is 1. The molecule has 218 valence electrons. The van der Waals surface area contributed by atoms with Gasteiger partial charge >= 0.3 is 12.2 Å². The van der Waals surface area contributed by atoms with Crippen LogP contribution in [0.3, 0.4) is 0 Å². The maximum Gasteiger partial charge on any atom is 0.412 e. The zero-order valence-electron chi connectivity index (χ0n) is 21.9. The van der Waals surface area contributed by atoms with E-state index in [0.717, 1.165) is 25.0 Å². The van der Waals surface area contributed by atoms with Gasteiger partial charge in [0.2, 0.25) is 5.91 Å². The largest absolute Gasteiger partial charge is 0.454 e. The summed E-state index contributed by atoms with van der Waals surface area (Å²) in [5.74, 6) is -0.590. The SMILES string of the molecule is O=C(NC1=CC(N2CCC(O)CC2)CC(C(F)(F)F)=C1)Nc1ccc(Oc2ccnc(NC(=O)C3CC3)c2)c(F)c1. The number of alkyl halides is 3. The maximum atomic E-state index is 14.8. The predicted octanol–water partition coefficient (Wildman–Crippen LogP) is 5.08. The molecule has 5 rings (SSSR count). The molecule has 1 saturated carbocycles. The number of anilines is 2. The van der Waals surface area contributed by atoms with Crippen LogP contribution in [-0.4, -0.2) is 58.3 Å². The fraction of sp³-hybridized carbons (Fsp3) is 0.393. The molecule has 1 unspecified atom stereocenters. The van der Waals surface area contributed by atoms with Crippen molar-refractivity contribution in [2.45, 2.75) is 50.4 Å². The van der Waals surface area contributed by atoms with Crippen molar-refractivity contribution >= 4 is 23.4 Å². The van der Waals surface area contributed by atoms with Gasteiger partial charge in [-0.15, -0.1) is 0 Å². The first-order chi connectivity index (χ1) is 19.5. The Labute approximate surface area is 233 Å². The summed E-state index contributed by atoms with van der Waals surface area (Å²) >= 11 is 0. The first kappa shape index (κ1) is 28.6. The van der Waals surface area contributed by atoms with E-state index in [0.29, 0.717) is 25.9 Å². The summed E-state index contributed by atoms with van der Waals surface area (Å²) in [6.45, 7) is 0.882. The molecule has 9 nitrogen and oxygen atoms in total. The van der Waals surface area contributed by atoms with E-state index in [2.05, 4.69) is 20.9 Å². The molecular formula is C28H29F4N5O4. The van der Waals surface area contributed by atoms with E-state index < -0.39 is 35.7 Å². The molecule has 1 aliphatic heterocycles. The third-order valence-electron chi connectivity index (χ3n) is 7.07. The lowest BCUT2D eigenvalue weighted by atomic mass is 9.94. The number of halogens is 4. The number of rotatable bonds is 7. The second kappa shape index (κ2) is 11.9. The minimum Gasteiger partial charge on any atom is -0.454 e. The number of nitrogens with one attached hydrogen (secondary N) is 3. The molecule has 1 aromatic heterocycles. The fourth-order valence-corrected chi connectivity index (χ4v) is 4.71. The van der Waals surface area contributed by atoms with Crippen LogP contribution in [0.2, 0.25) is 0 Å². The van der Waals surface area contributed by atoms with Gasteiger partial charge in [-0.2, -0.15) is 13.2 Å². The first-order valence-corrected chi connectivity index (χ1v) is 13.3. The first-order valence-electron chi connectivity index (χ1n) is 13.3. The number of aliphatic hydroxyl groups is 1. The Morgan fingerprint density at radius 1 is 1.02 bits per heavy atom. The third-order valence-corrected chi connectivity index (χ3v) is 7.07. The van der Waals surface area contributed by atoms with E-state index >= 15 is 0 Å². The number of hydrogen-bond acceptors (Lipinski definition) is 6. The van der Waals surface area contributed by atoms with Gasteiger partial charge < -0.3 is 25.8 Å². The van der Waals surface area contributed by atoms with Gasteiger partial charge in [0, 0.05) is 60.3 Å². The molecule has 41 heavy (non-hydrogen) atoms. The van der Waals surface area contributed by atoms with E-state index in [1.807, 2.05) is 4.90 Å². The molecule has 2 aliphatic carbocycles. The number of amides is 3. The Balaban J connectivity index is 1.22. The Morgan fingerprint density at radius 3 is 2.46 bits per heavy atom. The number of carbonyl (C=O) groups is 2. The molecule has 0 spiro atoms. The number of pyridine rings is 1. The molecule has 0 bridgehead atoms. The number of likely N-dealkylation sites (tertiary alicyclic amines) is 1. The van der Waals surface area contributed by atoms with Crippen LogP contribution in [-0.2, 0) is 4.79 Å². The second-order valence-electron chi connectivity index (χ2n) is 10.3. The minimum absolute atomic E-state index is 0.0146. The van der Waals surface area contributed by atoms with Crippen molar-refractivity contribution in [1.82, 2.24) is 15.2 Å². The molecule has 3 amide bonds. The van der Waals surface area contributed by atoms with Gasteiger partial charge in [-0.25, -0.2) is 14.2 Å². The molecule has 2 fully saturated rings. The number of aliphatic hydroxyl groups excluding tert-OH is 1. The van der Waals surface area contributed by atoms with E-state index in [-0.39, 0.29) is 46.9 Å². The van der Waals surface area contributed by atoms with Gasteiger partial charge in [0.25, 0.3) is 0 Å². The molecule has 3 aliphatic rings. The number of piperidine rings is 1. The number of urea groups is 1. The maximum absolute atomic E-state index is 14.8. The highest BCUT2D eigenvalue weighted by Crippen LogP contribution is 2.35. The number of carbonyl (C=O) groups excluding carboxylic acids is 2. The molecular weight excluding hydrogens is 546 g/mol. The van der Waals surface area contributed by atoms with Crippen LogP contribution in [0.1, 0.15) is 32.1 Å². The number of nitrogens with zero attached hydrogens (tertiary/aromatic N) is 2. The topological polar surface area (TPSA) is 116 Å². The molecule has 1 aromatic carbocycles. The highest BCUT2D eigenvalue weighted by molar-refractivity contribution is 5.93. The van der Waals surface area contributed by atoms with Crippen molar-refractivity contribution in [3.63, 3.8) is 0 Å². The molecule has 0 radical (unpaired) electrons. The Bertz CT molecular complexity index is 1370. The summed E-state index contributed by atoms with van der Waals surface area (Å²) in [6.07, 6.45) is 1.15. The number of allylic oxidation sites excluding steroid dienone is 1. The summed E-state index contributed by atoms with van der Waals surface area (Å²) in [7, 11) is 0. The van der Waals surface area contributed by atoms with Crippen molar-refractivity contribution in [3.8, 4) is 11.5 Å². The molecule has 4 N–H and O–H groups in total. The minimum atomic E-state index is -4.57. The van der Waals surface area contributed by atoms with Crippen LogP contribution in [0.25, 0.3) is 0 Å². The average molecular weight is 576 g/mol. The van der Waals surface area contributed by atoms with Crippen molar-refractivity contribution in [1.29, 1.82) is 0 Å². The number of benzene rings is 1. The van der Waals surface area contributed by atoms with E-state index in [1.54, 1.807) is 6.08 Å². The van der Waals surface area contributed by atoms with E-state index in [4.69, 9.17) is 4.74 Å². The van der Waals surface area contributed by atoms with Crippen LogP contribution in [0.4, 0.5) is 33.9 Å². The summed E-state index contributed by atoms with van der Waals surface area (Å²) in [6, 6.07) is 5.19. The summed E-state index contributed by atoms with van der Waals surface area (Å²) < 4.78 is 61.1. The molecule has 1 atom stereocenters. The Kier molecular flexibility index (Phi) is 8.27. The van der Waals surface area contributed by atoms with Crippen molar-refractivity contribution in [2.75, 3.05) is 23.7 Å². The van der Waals surface area contributed by atoms with Gasteiger partial charge in [-0.3, -0.25) is 9.69 Å². The van der Waals surface area contributed by atoms with Crippen molar-refractivity contribution in [3.05, 3.63) is 65.8 Å². The molecule has 13 heteroatoms. The molecule has 2 heterocycles.